The average Bonchev–Trinajstić information content (AvgIpc) is 2.88. The van der Waals surface area contributed by atoms with Crippen LogP contribution in [0.3, 0.4) is 0 Å². The van der Waals surface area contributed by atoms with Crippen molar-refractivity contribution in [1.82, 2.24) is 5.32 Å². The third kappa shape index (κ3) is 2.37. The van der Waals surface area contributed by atoms with Gasteiger partial charge in [0, 0.05) is 15.8 Å². The minimum atomic E-state index is 0.528. The summed E-state index contributed by atoms with van der Waals surface area (Å²) in [6.07, 6.45) is 2.86. The van der Waals surface area contributed by atoms with Crippen LogP contribution < -0.4 is 5.32 Å². The molecular formula is C12H19NS. The van der Waals surface area contributed by atoms with Gasteiger partial charge in [-0.05, 0) is 57.7 Å². The Hall–Kier alpha value is -0.340. The van der Waals surface area contributed by atoms with E-state index >= 15 is 0 Å². The molecule has 1 fully saturated rings. The second kappa shape index (κ2) is 4.03. The van der Waals surface area contributed by atoms with Gasteiger partial charge in [0.15, 0.2) is 0 Å². The Morgan fingerprint density at radius 3 is 2.71 bits per heavy atom. The van der Waals surface area contributed by atoms with Crippen LogP contribution in [-0.2, 0) is 0 Å². The lowest BCUT2D eigenvalue weighted by molar-refractivity contribution is 0.548. The first kappa shape index (κ1) is 10.2. The molecule has 0 saturated heterocycles. The van der Waals surface area contributed by atoms with Crippen LogP contribution in [0.25, 0.3) is 0 Å². The van der Waals surface area contributed by atoms with Crippen LogP contribution in [0.4, 0.5) is 0 Å². The van der Waals surface area contributed by atoms with Crippen LogP contribution in [0, 0.1) is 19.8 Å². The van der Waals surface area contributed by atoms with Gasteiger partial charge in [0.25, 0.3) is 0 Å². The minimum absolute atomic E-state index is 0.528. The predicted octanol–water partition coefficient (Wildman–Crippen LogP) is 3.43. The molecule has 1 nitrogen and oxygen atoms in total. The molecule has 2 rings (SSSR count). The Bertz CT molecular complexity index is 312. The summed E-state index contributed by atoms with van der Waals surface area (Å²) in [5, 5.41) is 3.62. The number of hydrogen-bond acceptors (Lipinski definition) is 2. The molecule has 0 radical (unpaired) electrons. The highest BCUT2D eigenvalue weighted by atomic mass is 32.1. The zero-order chi connectivity index (χ0) is 10.1. The molecule has 1 aromatic rings. The molecule has 14 heavy (non-hydrogen) atoms. The Morgan fingerprint density at radius 1 is 1.50 bits per heavy atom. The van der Waals surface area contributed by atoms with E-state index in [1.807, 2.05) is 11.3 Å². The maximum absolute atomic E-state index is 3.62. The highest BCUT2D eigenvalue weighted by Crippen LogP contribution is 2.30. The molecule has 2 heteroatoms. The topological polar surface area (TPSA) is 12.0 Å². The van der Waals surface area contributed by atoms with E-state index in [1.165, 1.54) is 34.7 Å². The first-order chi connectivity index (χ1) is 6.66. The van der Waals surface area contributed by atoms with Gasteiger partial charge in [-0.15, -0.1) is 11.3 Å². The Kier molecular flexibility index (Phi) is 2.93. The summed E-state index contributed by atoms with van der Waals surface area (Å²) in [7, 11) is 0. The van der Waals surface area contributed by atoms with Crippen molar-refractivity contribution in [2.75, 3.05) is 6.54 Å². The third-order valence-corrected chi connectivity index (χ3v) is 3.94. The summed E-state index contributed by atoms with van der Waals surface area (Å²) in [5.74, 6) is 0.970. The van der Waals surface area contributed by atoms with Gasteiger partial charge in [-0.25, -0.2) is 0 Å². The molecule has 0 aliphatic heterocycles. The number of rotatable bonds is 4. The van der Waals surface area contributed by atoms with E-state index < -0.39 is 0 Å². The van der Waals surface area contributed by atoms with E-state index in [2.05, 4.69) is 32.2 Å². The molecule has 0 bridgehead atoms. The lowest BCUT2D eigenvalue weighted by Crippen LogP contribution is -2.21. The van der Waals surface area contributed by atoms with Gasteiger partial charge < -0.3 is 5.32 Å². The van der Waals surface area contributed by atoms with E-state index in [9.17, 15) is 0 Å². The third-order valence-electron chi connectivity index (χ3n) is 2.96. The highest BCUT2D eigenvalue weighted by molar-refractivity contribution is 7.12. The molecule has 0 amide bonds. The first-order valence-electron chi connectivity index (χ1n) is 5.47. The SMILES string of the molecule is Cc1cc(C(C)NCC2CC2)c(C)s1. The molecule has 1 aromatic heterocycles. The van der Waals surface area contributed by atoms with Gasteiger partial charge in [-0.3, -0.25) is 0 Å². The summed E-state index contributed by atoms with van der Waals surface area (Å²) in [4.78, 5) is 2.90. The van der Waals surface area contributed by atoms with Crippen molar-refractivity contribution < 1.29 is 0 Å². The summed E-state index contributed by atoms with van der Waals surface area (Å²) >= 11 is 1.91. The molecule has 1 aliphatic carbocycles. The van der Waals surface area contributed by atoms with Gasteiger partial charge in [-0.2, -0.15) is 0 Å². The lowest BCUT2D eigenvalue weighted by Gasteiger charge is -2.13. The van der Waals surface area contributed by atoms with Crippen LogP contribution in [-0.4, -0.2) is 6.54 Å². The molecule has 1 atom stereocenters. The fraction of sp³-hybridized carbons (Fsp3) is 0.667. The number of hydrogen-bond donors (Lipinski definition) is 1. The molecule has 1 aliphatic rings. The highest BCUT2D eigenvalue weighted by Gasteiger charge is 2.22. The predicted molar refractivity (Wildman–Crippen MR) is 62.9 cm³/mol. The summed E-state index contributed by atoms with van der Waals surface area (Å²) in [5.41, 5.74) is 1.49. The molecule has 0 aromatic carbocycles. The van der Waals surface area contributed by atoms with Gasteiger partial charge in [0.2, 0.25) is 0 Å². The second-order valence-electron chi connectivity index (χ2n) is 4.44. The molecular weight excluding hydrogens is 190 g/mol. The zero-order valence-corrected chi connectivity index (χ0v) is 10.1. The van der Waals surface area contributed by atoms with Crippen molar-refractivity contribution in [2.45, 2.75) is 39.7 Å². The quantitative estimate of drug-likeness (QED) is 0.801. The number of aryl methyl sites for hydroxylation is 2. The largest absolute Gasteiger partial charge is 0.310 e. The normalized spacial score (nSPS) is 18.5. The molecule has 0 spiro atoms. The molecule has 1 N–H and O–H groups in total. The fourth-order valence-corrected chi connectivity index (χ4v) is 2.88. The monoisotopic (exact) mass is 209 g/mol. The van der Waals surface area contributed by atoms with E-state index in [0.29, 0.717) is 6.04 Å². The minimum Gasteiger partial charge on any atom is -0.310 e. The molecule has 78 valence electrons. The van der Waals surface area contributed by atoms with E-state index in [-0.39, 0.29) is 0 Å². The maximum atomic E-state index is 3.62. The smallest absolute Gasteiger partial charge is 0.0302 e. The van der Waals surface area contributed by atoms with Crippen LogP contribution in [0.15, 0.2) is 6.07 Å². The molecule has 1 unspecified atom stereocenters. The Balaban J connectivity index is 1.94. The standard InChI is InChI=1S/C12H19NS/c1-8-6-12(10(3)14-8)9(2)13-7-11-4-5-11/h6,9,11,13H,4-5,7H2,1-3H3. The van der Waals surface area contributed by atoms with E-state index in [1.54, 1.807) is 0 Å². The van der Waals surface area contributed by atoms with E-state index in [4.69, 9.17) is 0 Å². The summed E-state index contributed by atoms with van der Waals surface area (Å²) in [6.45, 7) is 7.89. The van der Waals surface area contributed by atoms with Crippen LogP contribution >= 0.6 is 11.3 Å². The van der Waals surface area contributed by atoms with Crippen molar-refractivity contribution in [3.63, 3.8) is 0 Å². The number of thiophene rings is 1. The Labute approximate surface area is 90.5 Å². The van der Waals surface area contributed by atoms with Crippen molar-refractivity contribution in [2.24, 2.45) is 5.92 Å². The van der Waals surface area contributed by atoms with Crippen LogP contribution in [0.1, 0.15) is 41.1 Å². The Morgan fingerprint density at radius 2 is 2.21 bits per heavy atom. The van der Waals surface area contributed by atoms with Crippen LogP contribution in [0.5, 0.6) is 0 Å². The van der Waals surface area contributed by atoms with Crippen molar-refractivity contribution in [1.29, 1.82) is 0 Å². The average molecular weight is 209 g/mol. The summed E-state index contributed by atoms with van der Waals surface area (Å²) in [6, 6.07) is 2.85. The van der Waals surface area contributed by atoms with Crippen LogP contribution in [0.2, 0.25) is 0 Å². The van der Waals surface area contributed by atoms with Crippen molar-refractivity contribution in [3.8, 4) is 0 Å². The van der Waals surface area contributed by atoms with Gasteiger partial charge in [0.05, 0.1) is 0 Å². The van der Waals surface area contributed by atoms with Crippen molar-refractivity contribution in [3.05, 3.63) is 21.4 Å². The number of nitrogens with one attached hydrogen (secondary N) is 1. The summed E-state index contributed by atoms with van der Waals surface area (Å²) < 4.78 is 0. The fourth-order valence-electron chi connectivity index (χ4n) is 1.86. The molecule has 1 saturated carbocycles. The van der Waals surface area contributed by atoms with E-state index in [0.717, 1.165) is 5.92 Å². The zero-order valence-electron chi connectivity index (χ0n) is 9.26. The van der Waals surface area contributed by atoms with Gasteiger partial charge in [0.1, 0.15) is 0 Å². The van der Waals surface area contributed by atoms with Crippen molar-refractivity contribution >= 4 is 11.3 Å². The van der Waals surface area contributed by atoms with Gasteiger partial charge >= 0.3 is 0 Å². The second-order valence-corrected chi connectivity index (χ2v) is 5.90. The van der Waals surface area contributed by atoms with Gasteiger partial charge in [-0.1, -0.05) is 0 Å². The maximum Gasteiger partial charge on any atom is 0.0302 e. The lowest BCUT2D eigenvalue weighted by atomic mass is 10.1. The molecule has 1 heterocycles. The first-order valence-corrected chi connectivity index (χ1v) is 6.29.